The fourth-order valence-electron chi connectivity index (χ4n) is 1.32. The standard InChI is InChI=1S/C11H7F4NO2/c1-5(17)6-2-7(10(12)13)8(4-16)9(3-6)18-11(14)15/h2-3,10-11H,1H3. The molecule has 18 heavy (non-hydrogen) atoms. The van der Waals surface area contributed by atoms with Crippen molar-refractivity contribution >= 4 is 5.78 Å². The fraction of sp³-hybridized carbons (Fsp3) is 0.273. The summed E-state index contributed by atoms with van der Waals surface area (Å²) in [6.45, 7) is -2.19. The predicted octanol–water partition coefficient (Wildman–Crippen LogP) is 3.30. The Morgan fingerprint density at radius 1 is 1.33 bits per heavy atom. The summed E-state index contributed by atoms with van der Waals surface area (Å²) >= 11 is 0. The summed E-state index contributed by atoms with van der Waals surface area (Å²) in [6, 6.07) is 3.01. The van der Waals surface area contributed by atoms with Gasteiger partial charge in [0.15, 0.2) is 5.78 Å². The Kier molecular flexibility index (Phi) is 4.26. The van der Waals surface area contributed by atoms with Gasteiger partial charge in [-0.15, -0.1) is 0 Å². The van der Waals surface area contributed by atoms with E-state index in [1.807, 2.05) is 0 Å². The first kappa shape index (κ1) is 14.0. The first-order valence-corrected chi connectivity index (χ1v) is 4.68. The van der Waals surface area contributed by atoms with E-state index >= 15 is 0 Å². The average molecular weight is 261 g/mol. The number of ketones is 1. The van der Waals surface area contributed by atoms with Gasteiger partial charge in [0.1, 0.15) is 17.4 Å². The van der Waals surface area contributed by atoms with E-state index in [1.54, 1.807) is 0 Å². The minimum Gasteiger partial charge on any atom is -0.433 e. The second-order valence-corrected chi connectivity index (χ2v) is 3.29. The molecule has 1 aromatic carbocycles. The van der Waals surface area contributed by atoms with Gasteiger partial charge in [0.05, 0.1) is 0 Å². The maximum absolute atomic E-state index is 12.7. The van der Waals surface area contributed by atoms with Crippen LogP contribution in [0.3, 0.4) is 0 Å². The van der Waals surface area contributed by atoms with Gasteiger partial charge >= 0.3 is 6.61 Å². The van der Waals surface area contributed by atoms with Gasteiger partial charge < -0.3 is 4.74 Å². The number of nitriles is 1. The number of benzene rings is 1. The van der Waals surface area contributed by atoms with Crippen molar-refractivity contribution in [2.24, 2.45) is 0 Å². The molecule has 0 aromatic heterocycles. The minimum absolute atomic E-state index is 0.222. The number of halogens is 4. The van der Waals surface area contributed by atoms with Crippen molar-refractivity contribution in [3.05, 3.63) is 28.8 Å². The van der Waals surface area contributed by atoms with Crippen LogP contribution >= 0.6 is 0 Å². The number of alkyl halides is 4. The molecular weight excluding hydrogens is 254 g/mol. The third-order valence-electron chi connectivity index (χ3n) is 2.10. The summed E-state index contributed by atoms with van der Waals surface area (Å²) in [5, 5.41) is 8.70. The molecule has 1 aromatic rings. The van der Waals surface area contributed by atoms with Crippen LogP contribution in [0.15, 0.2) is 12.1 Å². The molecule has 1 rings (SSSR count). The highest BCUT2D eigenvalue weighted by molar-refractivity contribution is 5.95. The number of hydrogen-bond acceptors (Lipinski definition) is 3. The van der Waals surface area contributed by atoms with Crippen LogP contribution in [0.2, 0.25) is 0 Å². The summed E-state index contributed by atoms with van der Waals surface area (Å²) in [5.41, 5.74) is -1.73. The number of rotatable bonds is 4. The van der Waals surface area contributed by atoms with Crippen LogP contribution < -0.4 is 4.74 Å². The van der Waals surface area contributed by atoms with Gasteiger partial charge in [-0.05, 0) is 19.1 Å². The molecule has 0 radical (unpaired) electrons. The van der Waals surface area contributed by atoms with E-state index in [2.05, 4.69) is 4.74 Å². The normalized spacial score (nSPS) is 10.6. The molecule has 0 bridgehead atoms. The van der Waals surface area contributed by atoms with Gasteiger partial charge in [-0.1, -0.05) is 0 Å². The molecule has 0 heterocycles. The third-order valence-corrected chi connectivity index (χ3v) is 2.10. The average Bonchev–Trinajstić information content (AvgIpc) is 2.26. The van der Waals surface area contributed by atoms with Gasteiger partial charge in [0.25, 0.3) is 6.43 Å². The van der Waals surface area contributed by atoms with Gasteiger partial charge in [-0.3, -0.25) is 4.79 Å². The highest BCUT2D eigenvalue weighted by atomic mass is 19.3. The van der Waals surface area contributed by atoms with E-state index < -0.39 is 35.7 Å². The zero-order valence-electron chi connectivity index (χ0n) is 9.08. The van der Waals surface area contributed by atoms with Crippen LogP contribution in [0.25, 0.3) is 0 Å². The Morgan fingerprint density at radius 3 is 2.33 bits per heavy atom. The Bertz CT molecular complexity index is 509. The number of ether oxygens (including phenoxy) is 1. The summed E-state index contributed by atoms with van der Waals surface area (Å²) < 4.78 is 53.5. The van der Waals surface area contributed by atoms with E-state index in [-0.39, 0.29) is 5.56 Å². The molecule has 0 unspecified atom stereocenters. The van der Waals surface area contributed by atoms with Crippen molar-refractivity contribution in [3.8, 4) is 11.8 Å². The van der Waals surface area contributed by atoms with Crippen LogP contribution in [0.5, 0.6) is 5.75 Å². The minimum atomic E-state index is -3.27. The number of Topliss-reactive ketones (excluding diaryl/α,β-unsaturated/α-hetero) is 1. The predicted molar refractivity (Wildman–Crippen MR) is 52.8 cm³/mol. The van der Waals surface area contributed by atoms with Crippen molar-refractivity contribution < 1.29 is 27.1 Å². The van der Waals surface area contributed by atoms with Crippen LogP contribution in [0.1, 0.15) is 34.8 Å². The molecule has 0 aliphatic rings. The molecule has 0 aliphatic carbocycles. The molecule has 3 nitrogen and oxygen atoms in total. The maximum Gasteiger partial charge on any atom is 0.387 e. The zero-order chi connectivity index (χ0) is 13.9. The highest BCUT2D eigenvalue weighted by Crippen LogP contribution is 2.32. The quantitative estimate of drug-likeness (QED) is 0.617. The first-order valence-electron chi connectivity index (χ1n) is 4.68. The van der Waals surface area contributed by atoms with Crippen molar-refractivity contribution in [2.45, 2.75) is 20.0 Å². The molecule has 0 N–H and O–H groups in total. The van der Waals surface area contributed by atoms with Gasteiger partial charge in [-0.2, -0.15) is 14.0 Å². The first-order chi connectivity index (χ1) is 8.36. The van der Waals surface area contributed by atoms with Crippen molar-refractivity contribution in [1.82, 2.24) is 0 Å². The van der Waals surface area contributed by atoms with E-state index in [0.29, 0.717) is 0 Å². The largest absolute Gasteiger partial charge is 0.433 e. The molecule has 96 valence electrons. The van der Waals surface area contributed by atoms with E-state index in [4.69, 9.17) is 5.26 Å². The molecule has 0 fully saturated rings. The summed E-state index contributed by atoms with van der Waals surface area (Å²) in [5.74, 6) is -1.32. The van der Waals surface area contributed by atoms with Gasteiger partial charge in [0.2, 0.25) is 0 Å². The fourth-order valence-corrected chi connectivity index (χ4v) is 1.32. The van der Waals surface area contributed by atoms with Gasteiger partial charge in [0, 0.05) is 11.1 Å². The molecule has 0 amide bonds. The molecule has 0 aliphatic heterocycles. The summed E-state index contributed by atoms with van der Waals surface area (Å²) in [7, 11) is 0. The van der Waals surface area contributed by atoms with Gasteiger partial charge in [-0.25, -0.2) is 8.78 Å². The lowest BCUT2D eigenvalue weighted by Crippen LogP contribution is -2.07. The number of carbonyl (C=O) groups excluding carboxylic acids is 1. The number of carbonyl (C=O) groups is 1. The van der Waals surface area contributed by atoms with E-state index in [9.17, 15) is 22.4 Å². The molecule has 0 saturated carbocycles. The van der Waals surface area contributed by atoms with Crippen molar-refractivity contribution in [3.63, 3.8) is 0 Å². The van der Waals surface area contributed by atoms with Crippen LogP contribution in [-0.4, -0.2) is 12.4 Å². The Balaban J connectivity index is 3.47. The second kappa shape index (κ2) is 5.49. The molecular formula is C11H7F4NO2. The van der Waals surface area contributed by atoms with E-state index in [1.165, 1.54) is 6.07 Å². The maximum atomic E-state index is 12.7. The zero-order valence-corrected chi connectivity index (χ0v) is 9.08. The highest BCUT2D eigenvalue weighted by Gasteiger charge is 2.21. The van der Waals surface area contributed by atoms with Crippen molar-refractivity contribution in [2.75, 3.05) is 0 Å². The van der Waals surface area contributed by atoms with Crippen LogP contribution in [0, 0.1) is 11.3 Å². The molecule has 0 atom stereocenters. The Hall–Kier alpha value is -2.10. The smallest absolute Gasteiger partial charge is 0.387 e. The topological polar surface area (TPSA) is 50.1 Å². The van der Waals surface area contributed by atoms with E-state index in [0.717, 1.165) is 19.1 Å². The molecule has 0 saturated heterocycles. The van der Waals surface area contributed by atoms with Crippen LogP contribution in [-0.2, 0) is 0 Å². The number of nitrogens with zero attached hydrogens (tertiary/aromatic N) is 1. The molecule has 7 heteroatoms. The Morgan fingerprint density at radius 2 is 1.94 bits per heavy atom. The molecule has 0 spiro atoms. The lowest BCUT2D eigenvalue weighted by atomic mass is 10.0. The number of hydrogen-bond donors (Lipinski definition) is 0. The van der Waals surface area contributed by atoms with Crippen molar-refractivity contribution in [1.29, 1.82) is 5.26 Å². The summed E-state index contributed by atoms with van der Waals surface area (Å²) in [6.07, 6.45) is -3.07. The monoisotopic (exact) mass is 261 g/mol. The second-order valence-electron chi connectivity index (χ2n) is 3.29. The lowest BCUT2D eigenvalue weighted by molar-refractivity contribution is -0.0502. The SMILES string of the molecule is CC(=O)c1cc(OC(F)F)c(C#N)c(C(F)F)c1. The lowest BCUT2D eigenvalue weighted by Gasteiger charge is -2.11. The Labute approximate surface area is 99.6 Å². The summed E-state index contributed by atoms with van der Waals surface area (Å²) in [4.78, 5) is 11.1. The van der Waals surface area contributed by atoms with Crippen LogP contribution in [0.4, 0.5) is 17.6 Å². The third kappa shape index (κ3) is 2.97.